The average molecular weight is 603 g/mol. The third-order valence-corrected chi connectivity index (χ3v) is 5.21. The van der Waals surface area contributed by atoms with Crippen molar-refractivity contribution in [2.24, 2.45) is 0 Å². The van der Waals surface area contributed by atoms with Gasteiger partial charge in [-0.25, -0.2) is 18.0 Å². The van der Waals surface area contributed by atoms with Crippen LogP contribution in [0.1, 0.15) is 10.4 Å². The zero-order valence-corrected chi connectivity index (χ0v) is 17.8. The molecule has 0 amide bonds. The Morgan fingerprint density at radius 3 is 2.31 bits per heavy atom. The molecule has 0 unspecified atom stereocenters. The standard InChI is InChI=1S/C15H10I2O8S/c16-8-5-11(14(19)12(17)6-8)15(20)24-7-13(18)25-9-1-3-10(4-2-9)26(21,22)23/h1-6,19H,7H2,(H,21,22,23)/p-1. The summed E-state index contributed by atoms with van der Waals surface area (Å²) < 4.78 is 43.3. The van der Waals surface area contributed by atoms with Crippen molar-refractivity contribution < 1.29 is 37.1 Å². The highest BCUT2D eigenvalue weighted by molar-refractivity contribution is 14.1. The van der Waals surface area contributed by atoms with E-state index >= 15 is 0 Å². The molecule has 26 heavy (non-hydrogen) atoms. The Kier molecular flexibility index (Phi) is 6.81. The fourth-order valence-corrected chi connectivity index (χ4v) is 4.07. The van der Waals surface area contributed by atoms with Gasteiger partial charge in [0.2, 0.25) is 0 Å². The van der Waals surface area contributed by atoms with Gasteiger partial charge in [0, 0.05) is 3.57 Å². The quantitative estimate of drug-likeness (QED) is 0.239. The maximum absolute atomic E-state index is 12.0. The van der Waals surface area contributed by atoms with E-state index in [1.165, 1.54) is 6.07 Å². The highest BCUT2D eigenvalue weighted by Gasteiger charge is 2.18. The van der Waals surface area contributed by atoms with Crippen LogP contribution in [0.15, 0.2) is 41.3 Å². The van der Waals surface area contributed by atoms with E-state index < -0.39 is 33.6 Å². The lowest BCUT2D eigenvalue weighted by Crippen LogP contribution is -2.19. The molecule has 2 aromatic carbocycles. The van der Waals surface area contributed by atoms with Gasteiger partial charge in [0.15, 0.2) is 6.61 Å². The second kappa shape index (κ2) is 8.49. The van der Waals surface area contributed by atoms with Crippen LogP contribution in [-0.2, 0) is 19.6 Å². The first-order valence-corrected chi connectivity index (χ1v) is 10.3. The van der Waals surface area contributed by atoms with Crippen LogP contribution in [0.2, 0.25) is 0 Å². The first-order chi connectivity index (χ1) is 12.1. The van der Waals surface area contributed by atoms with Crippen molar-refractivity contribution in [3.63, 3.8) is 0 Å². The van der Waals surface area contributed by atoms with Crippen LogP contribution in [0.5, 0.6) is 11.5 Å². The normalized spacial score (nSPS) is 11.0. The summed E-state index contributed by atoms with van der Waals surface area (Å²) in [6, 6.07) is 7.29. The molecule has 0 aliphatic heterocycles. The minimum atomic E-state index is -4.60. The Labute approximate surface area is 175 Å². The topological polar surface area (TPSA) is 130 Å². The summed E-state index contributed by atoms with van der Waals surface area (Å²) in [5.41, 5.74) is -0.0842. The summed E-state index contributed by atoms with van der Waals surface area (Å²) >= 11 is 3.82. The van der Waals surface area contributed by atoms with Gasteiger partial charge in [0.05, 0.1) is 8.47 Å². The molecule has 0 aliphatic carbocycles. The van der Waals surface area contributed by atoms with Crippen LogP contribution in [-0.4, -0.2) is 36.6 Å². The van der Waals surface area contributed by atoms with Crippen molar-refractivity contribution in [3.8, 4) is 11.5 Å². The van der Waals surface area contributed by atoms with Gasteiger partial charge in [-0.15, -0.1) is 0 Å². The van der Waals surface area contributed by atoms with Crippen molar-refractivity contribution in [2.75, 3.05) is 6.61 Å². The highest BCUT2D eigenvalue weighted by atomic mass is 127. The molecule has 138 valence electrons. The van der Waals surface area contributed by atoms with E-state index in [1.807, 2.05) is 45.2 Å². The summed E-state index contributed by atoms with van der Waals surface area (Å²) in [6.07, 6.45) is 0. The predicted octanol–water partition coefficient (Wildman–Crippen LogP) is 2.27. The lowest BCUT2D eigenvalue weighted by Gasteiger charge is -2.09. The molecule has 1 N–H and O–H groups in total. The van der Waals surface area contributed by atoms with E-state index in [9.17, 15) is 27.7 Å². The van der Waals surface area contributed by atoms with E-state index in [0.717, 1.165) is 24.3 Å². The largest absolute Gasteiger partial charge is 0.744 e. The molecule has 0 heterocycles. The first kappa shape index (κ1) is 20.9. The Bertz CT molecular complexity index is 954. The highest BCUT2D eigenvalue weighted by Crippen LogP contribution is 2.27. The molecule has 0 bridgehead atoms. The Morgan fingerprint density at radius 1 is 1.12 bits per heavy atom. The van der Waals surface area contributed by atoms with E-state index in [4.69, 9.17) is 9.47 Å². The van der Waals surface area contributed by atoms with Gasteiger partial charge in [-0.05, 0) is 81.6 Å². The van der Waals surface area contributed by atoms with Crippen LogP contribution < -0.4 is 4.74 Å². The number of carbonyl (C=O) groups is 2. The van der Waals surface area contributed by atoms with Gasteiger partial charge in [-0.2, -0.15) is 0 Å². The van der Waals surface area contributed by atoms with Gasteiger partial charge in [0.1, 0.15) is 27.2 Å². The van der Waals surface area contributed by atoms with Crippen LogP contribution in [0, 0.1) is 7.14 Å². The third-order valence-electron chi connectivity index (χ3n) is 2.91. The maximum Gasteiger partial charge on any atom is 0.349 e. The average Bonchev–Trinajstić information content (AvgIpc) is 2.55. The molecule has 0 atom stereocenters. The van der Waals surface area contributed by atoms with Crippen LogP contribution in [0.4, 0.5) is 0 Å². The minimum absolute atomic E-state index is 0.0231. The predicted molar refractivity (Wildman–Crippen MR) is 104 cm³/mol. The molecular weight excluding hydrogens is 594 g/mol. The van der Waals surface area contributed by atoms with E-state index in [0.29, 0.717) is 7.14 Å². The van der Waals surface area contributed by atoms with E-state index in [2.05, 4.69) is 0 Å². The molecule has 0 spiro atoms. The molecule has 0 saturated heterocycles. The fourth-order valence-electron chi connectivity index (χ4n) is 1.76. The summed E-state index contributed by atoms with van der Waals surface area (Å²) in [4.78, 5) is 23.2. The molecule has 2 rings (SSSR count). The number of aromatic hydroxyl groups is 1. The number of carbonyl (C=O) groups excluding carboxylic acids is 2. The zero-order chi connectivity index (χ0) is 19.5. The maximum atomic E-state index is 12.0. The number of halogens is 2. The number of esters is 2. The van der Waals surface area contributed by atoms with Gasteiger partial charge >= 0.3 is 11.9 Å². The fraction of sp³-hybridized carbons (Fsp3) is 0.0667. The van der Waals surface area contributed by atoms with Gasteiger partial charge in [0.25, 0.3) is 0 Å². The molecule has 0 aliphatic rings. The Hall–Kier alpha value is -1.45. The van der Waals surface area contributed by atoms with Crippen molar-refractivity contribution in [2.45, 2.75) is 4.90 Å². The van der Waals surface area contributed by atoms with Crippen LogP contribution in [0.25, 0.3) is 0 Å². The number of hydrogen-bond donors (Lipinski definition) is 1. The molecule has 0 saturated carbocycles. The lowest BCUT2D eigenvalue weighted by atomic mass is 10.2. The first-order valence-electron chi connectivity index (χ1n) is 6.69. The number of benzene rings is 2. The monoisotopic (exact) mass is 603 g/mol. The van der Waals surface area contributed by atoms with Crippen molar-refractivity contribution in [1.82, 2.24) is 0 Å². The van der Waals surface area contributed by atoms with Crippen LogP contribution in [0.3, 0.4) is 0 Å². The summed E-state index contributed by atoms with van der Waals surface area (Å²) in [5.74, 6) is -2.09. The van der Waals surface area contributed by atoms with Gasteiger partial charge in [-0.3, -0.25) is 0 Å². The zero-order valence-electron chi connectivity index (χ0n) is 12.6. The Balaban J connectivity index is 1.98. The second-order valence-electron chi connectivity index (χ2n) is 4.76. The molecule has 8 nitrogen and oxygen atoms in total. The Morgan fingerprint density at radius 2 is 1.73 bits per heavy atom. The second-order valence-corrected chi connectivity index (χ2v) is 8.55. The van der Waals surface area contributed by atoms with Gasteiger partial charge < -0.3 is 19.1 Å². The number of ether oxygens (including phenoxy) is 2. The molecule has 2 aromatic rings. The smallest absolute Gasteiger partial charge is 0.349 e. The van der Waals surface area contributed by atoms with E-state index in [1.54, 1.807) is 6.07 Å². The number of phenols is 1. The summed E-state index contributed by atoms with van der Waals surface area (Å²) in [5, 5.41) is 9.88. The summed E-state index contributed by atoms with van der Waals surface area (Å²) in [6.45, 7) is -0.720. The van der Waals surface area contributed by atoms with Gasteiger partial charge in [-0.1, -0.05) is 0 Å². The molecule has 0 aromatic heterocycles. The minimum Gasteiger partial charge on any atom is -0.744 e. The number of hydrogen-bond acceptors (Lipinski definition) is 8. The molecule has 11 heteroatoms. The molecular formula is C15H9I2O8S-. The SMILES string of the molecule is O=C(COC(=O)c1cc(I)cc(I)c1O)Oc1ccc(S(=O)(=O)[O-])cc1. The van der Waals surface area contributed by atoms with E-state index in [-0.39, 0.29) is 17.1 Å². The molecule has 0 radical (unpaired) electrons. The number of rotatable bonds is 5. The van der Waals surface area contributed by atoms with Crippen molar-refractivity contribution in [3.05, 3.63) is 49.1 Å². The van der Waals surface area contributed by atoms with Crippen LogP contribution >= 0.6 is 45.2 Å². The lowest BCUT2D eigenvalue weighted by molar-refractivity contribution is -0.137. The third kappa shape index (κ3) is 5.52. The summed E-state index contributed by atoms with van der Waals surface area (Å²) in [7, 11) is -4.60. The van der Waals surface area contributed by atoms with Crippen molar-refractivity contribution in [1.29, 1.82) is 0 Å². The van der Waals surface area contributed by atoms with Crippen molar-refractivity contribution >= 4 is 67.2 Å². The number of phenolic OH excluding ortho intramolecular Hbond substituents is 1. The molecule has 0 fully saturated rings.